The summed E-state index contributed by atoms with van der Waals surface area (Å²) in [4.78, 5) is 13.4. The van der Waals surface area contributed by atoms with Crippen LogP contribution in [0.15, 0.2) is 36.4 Å². The third-order valence-electron chi connectivity index (χ3n) is 7.61. The lowest BCUT2D eigenvalue weighted by Crippen LogP contribution is -2.28. The van der Waals surface area contributed by atoms with Crippen molar-refractivity contribution < 1.29 is 37.7 Å². The van der Waals surface area contributed by atoms with Crippen LogP contribution < -0.4 is 14.8 Å². The minimum atomic E-state index is -3.76. The van der Waals surface area contributed by atoms with Crippen LogP contribution in [0.25, 0.3) is 10.9 Å². The maximum atomic E-state index is 15.4. The van der Waals surface area contributed by atoms with Gasteiger partial charge in [0.2, 0.25) is 5.91 Å². The van der Waals surface area contributed by atoms with Crippen molar-refractivity contribution in [2.24, 2.45) is 5.92 Å². The van der Waals surface area contributed by atoms with Crippen LogP contribution in [0.3, 0.4) is 0 Å². The van der Waals surface area contributed by atoms with Crippen molar-refractivity contribution in [1.82, 2.24) is 4.57 Å². The Labute approximate surface area is 218 Å². The Morgan fingerprint density at radius 3 is 2.50 bits per heavy atom. The number of benzene rings is 2. The van der Waals surface area contributed by atoms with Crippen LogP contribution in [0.5, 0.6) is 11.5 Å². The maximum absolute atomic E-state index is 15.4. The van der Waals surface area contributed by atoms with Crippen LogP contribution in [0.4, 0.5) is 18.9 Å². The first-order valence-corrected chi connectivity index (χ1v) is 12.7. The van der Waals surface area contributed by atoms with E-state index in [1.165, 1.54) is 18.2 Å². The fourth-order valence-corrected chi connectivity index (χ4v) is 5.17. The SMILES string of the molecule is C[C@@H](CO)Cn1c(C(C)(C)CCO)cc2cc(NC(=O)C3(c4ccc5c(c4)OC(F)(F)O5)CC3)c(F)cc21. The molecule has 5 rings (SSSR count). The summed E-state index contributed by atoms with van der Waals surface area (Å²) in [6, 6.07) is 9.15. The molecule has 2 aliphatic rings. The quantitative estimate of drug-likeness (QED) is 0.358. The Hall–Kier alpha value is -3.24. The largest absolute Gasteiger partial charge is 0.586 e. The molecule has 2 aromatic carbocycles. The molecule has 0 radical (unpaired) electrons. The molecule has 1 saturated carbocycles. The van der Waals surface area contributed by atoms with Gasteiger partial charge in [-0.3, -0.25) is 4.79 Å². The minimum Gasteiger partial charge on any atom is -0.396 e. The van der Waals surface area contributed by atoms with Crippen molar-refractivity contribution in [1.29, 1.82) is 0 Å². The Morgan fingerprint density at radius 1 is 1.13 bits per heavy atom. The van der Waals surface area contributed by atoms with E-state index in [-0.39, 0.29) is 36.3 Å². The number of fused-ring (bicyclic) bond motifs is 2. The number of nitrogens with zero attached hydrogens (tertiary/aromatic N) is 1. The highest BCUT2D eigenvalue weighted by Crippen LogP contribution is 2.52. The standard InChI is InChI=1S/C28H31F3N2O5/c1-16(15-35)14-33-21-13-19(29)20(10-17(21)11-24(33)26(2,3)8-9-34)32-25(36)27(6-7-27)18-4-5-22-23(12-18)38-28(30,31)37-22/h4-5,10-13,16,34-35H,6-9,14-15H2,1-3H3,(H,32,36)/t16-/m1/s1. The molecule has 204 valence electrons. The predicted octanol–water partition coefficient (Wildman–Crippen LogP) is 5.06. The highest BCUT2D eigenvalue weighted by Gasteiger charge is 2.53. The lowest BCUT2D eigenvalue weighted by Gasteiger charge is -2.27. The second kappa shape index (κ2) is 9.20. The molecule has 1 aliphatic heterocycles. The van der Waals surface area contributed by atoms with Crippen molar-refractivity contribution in [3.8, 4) is 11.5 Å². The molecular weight excluding hydrogens is 501 g/mol. The van der Waals surface area contributed by atoms with Crippen molar-refractivity contribution in [2.75, 3.05) is 18.5 Å². The normalized spacial score (nSPS) is 18.0. The number of aliphatic hydroxyl groups is 2. The van der Waals surface area contributed by atoms with Gasteiger partial charge in [0.15, 0.2) is 11.5 Å². The average Bonchev–Trinajstić information content (AvgIpc) is 3.50. The fourth-order valence-electron chi connectivity index (χ4n) is 5.17. The molecule has 2 heterocycles. The summed E-state index contributed by atoms with van der Waals surface area (Å²) in [6.07, 6.45) is -2.30. The molecule has 7 nitrogen and oxygen atoms in total. The first-order valence-electron chi connectivity index (χ1n) is 12.7. The number of anilines is 1. The number of halogens is 3. The van der Waals surface area contributed by atoms with E-state index in [1.807, 2.05) is 31.4 Å². The molecule has 3 N–H and O–H groups in total. The van der Waals surface area contributed by atoms with Gasteiger partial charge in [0.1, 0.15) is 5.82 Å². The van der Waals surface area contributed by atoms with E-state index in [1.54, 1.807) is 12.1 Å². The van der Waals surface area contributed by atoms with Crippen LogP contribution in [0, 0.1) is 11.7 Å². The summed E-state index contributed by atoms with van der Waals surface area (Å²) in [6.45, 7) is 6.30. The van der Waals surface area contributed by atoms with Gasteiger partial charge in [0.05, 0.1) is 16.6 Å². The minimum absolute atomic E-state index is 0.0138. The van der Waals surface area contributed by atoms with Gasteiger partial charge in [-0.05, 0) is 55.0 Å². The molecule has 1 aliphatic carbocycles. The van der Waals surface area contributed by atoms with Crippen LogP contribution >= 0.6 is 0 Å². The second-order valence-corrected chi connectivity index (χ2v) is 11.0. The number of aromatic nitrogens is 1. The second-order valence-electron chi connectivity index (χ2n) is 11.0. The molecule has 0 spiro atoms. The number of hydrogen-bond acceptors (Lipinski definition) is 5. The molecule has 0 saturated heterocycles. The summed E-state index contributed by atoms with van der Waals surface area (Å²) < 4.78 is 53.2. The number of alkyl halides is 2. The van der Waals surface area contributed by atoms with E-state index in [4.69, 9.17) is 0 Å². The van der Waals surface area contributed by atoms with Crippen LogP contribution in [-0.2, 0) is 22.2 Å². The molecule has 38 heavy (non-hydrogen) atoms. The summed E-state index contributed by atoms with van der Waals surface area (Å²) in [7, 11) is 0. The van der Waals surface area contributed by atoms with Crippen LogP contribution in [-0.4, -0.2) is 40.2 Å². The highest BCUT2D eigenvalue weighted by molar-refractivity contribution is 6.02. The zero-order valence-corrected chi connectivity index (χ0v) is 21.5. The molecular formula is C28H31F3N2O5. The number of carbonyl (C=O) groups is 1. The Kier molecular flexibility index (Phi) is 6.38. The van der Waals surface area contributed by atoms with E-state index in [9.17, 15) is 23.8 Å². The predicted molar refractivity (Wildman–Crippen MR) is 135 cm³/mol. The van der Waals surface area contributed by atoms with Gasteiger partial charge in [0.25, 0.3) is 0 Å². The molecule has 0 unspecified atom stereocenters. The summed E-state index contributed by atoms with van der Waals surface area (Å²) in [5.41, 5.74) is 0.625. The van der Waals surface area contributed by atoms with Gasteiger partial charge in [-0.15, -0.1) is 8.78 Å². The Bertz CT molecular complexity index is 1400. The van der Waals surface area contributed by atoms with Gasteiger partial charge < -0.3 is 29.6 Å². The van der Waals surface area contributed by atoms with Crippen molar-refractivity contribution in [2.45, 2.75) is 63.7 Å². The zero-order chi connectivity index (χ0) is 27.5. The number of hydrogen-bond donors (Lipinski definition) is 3. The number of nitrogens with one attached hydrogen (secondary N) is 1. The Morgan fingerprint density at radius 2 is 1.84 bits per heavy atom. The van der Waals surface area contributed by atoms with Crippen LogP contribution in [0.1, 0.15) is 51.3 Å². The molecule has 3 aromatic rings. The molecule has 1 fully saturated rings. The summed E-state index contributed by atoms with van der Waals surface area (Å²) in [5.74, 6) is -1.37. The van der Waals surface area contributed by atoms with Gasteiger partial charge in [-0.2, -0.15) is 0 Å². The average molecular weight is 533 g/mol. The molecule has 1 amide bonds. The van der Waals surface area contributed by atoms with E-state index >= 15 is 4.39 Å². The van der Waals surface area contributed by atoms with Gasteiger partial charge in [-0.25, -0.2) is 4.39 Å². The van der Waals surface area contributed by atoms with E-state index in [0.29, 0.717) is 42.3 Å². The third-order valence-corrected chi connectivity index (χ3v) is 7.61. The van der Waals surface area contributed by atoms with Crippen molar-refractivity contribution in [3.63, 3.8) is 0 Å². The monoisotopic (exact) mass is 532 g/mol. The van der Waals surface area contributed by atoms with Crippen LogP contribution in [0.2, 0.25) is 0 Å². The number of ether oxygens (including phenoxy) is 2. The fraction of sp³-hybridized carbons (Fsp3) is 0.464. The zero-order valence-electron chi connectivity index (χ0n) is 21.5. The lowest BCUT2D eigenvalue weighted by atomic mass is 9.85. The number of amides is 1. The van der Waals surface area contributed by atoms with E-state index in [0.717, 1.165) is 5.69 Å². The molecule has 1 atom stereocenters. The van der Waals surface area contributed by atoms with Gasteiger partial charge >= 0.3 is 6.29 Å². The van der Waals surface area contributed by atoms with E-state index in [2.05, 4.69) is 14.8 Å². The number of aliphatic hydroxyl groups excluding tert-OH is 2. The Balaban J connectivity index is 1.46. The third kappa shape index (κ3) is 4.60. The summed E-state index contributed by atoms with van der Waals surface area (Å²) >= 11 is 0. The first-order chi connectivity index (χ1) is 17.9. The van der Waals surface area contributed by atoms with Crippen molar-refractivity contribution >= 4 is 22.5 Å². The topological polar surface area (TPSA) is 93.0 Å². The van der Waals surface area contributed by atoms with Crippen molar-refractivity contribution in [3.05, 3.63) is 53.5 Å². The lowest BCUT2D eigenvalue weighted by molar-refractivity contribution is -0.286. The number of rotatable bonds is 9. The van der Waals surface area contributed by atoms with E-state index < -0.39 is 28.8 Å². The number of carbonyl (C=O) groups excluding carboxylic acids is 1. The molecule has 10 heteroatoms. The molecule has 1 aromatic heterocycles. The molecule has 0 bridgehead atoms. The first kappa shape index (κ1) is 26.4. The summed E-state index contributed by atoms with van der Waals surface area (Å²) in [5, 5.41) is 22.6. The highest BCUT2D eigenvalue weighted by atomic mass is 19.3. The van der Waals surface area contributed by atoms with Gasteiger partial charge in [-0.1, -0.05) is 26.8 Å². The van der Waals surface area contributed by atoms with Gasteiger partial charge in [0, 0.05) is 42.3 Å². The smallest absolute Gasteiger partial charge is 0.396 e. The maximum Gasteiger partial charge on any atom is 0.586 e.